The SMILES string of the molecule is COc1ccc(OC(=O)N2CCNCC2COc2cccnc2)cc1.Cl. The molecule has 1 aromatic heterocycles. The average molecular weight is 380 g/mol. The molecule has 1 fully saturated rings. The zero-order valence-electron chi connectivity index (χ0n) is 14.5. The molecule has 2 aromatic rings. The Hall–Kier alpha value is -2.51. The zero-order valence-corrected chi connectivity index (χ0v) is 15.3. The molecule has 26 heavy (non-hydrogen) atoms. The van der Waals surface area contributed by atoms with Gasteiger partial charge in [0.25, 0.3) is 0 Å². The van der Waals surface area contributed by atoms with E-state index in [1.807, 2.05) is 12.1 Å². The number of nitrogens with one attached hydrogen (secondary N) is 1. The molecule has 7 nitrogen and oxygen atoms in total. The Labute approximate surface area is 158 Å². The van der Waals surface area contributed by atoms with Gasteiger partial charge in [-0.1, -0.05) is 0 Å². The zero-order chi connectivity index (χ0) is 17.5. The smallest absolute Gasteiger partial charge is 0.415 e. The van der Waals surface area contributed by atoms with Crippen molar-refractivity contribution < 1.29 is 19.0 Å². The lowest BCUT2D eigenvalue weighted by Gasteiger charge is -2.35. The van der Waals surface area contributed by atoms with E-state index < -0.39 is 0 Å². The number of carbonyl (C=O) groups is 1. The predicted molar refractivity (Wildman–Crippen MR) is 99.4 cm³/mol. The summed E-state index contributed by atoms with van der Waals surface area (Å²) in [6, 6.07) is 10.5. The molecule has 1 aliphatic heterocycles. The maximum absolute atomic E-state index is 12.5. The van der Waals surface area contributed by atoms with Crippen LogP contribution in [-0.4, -0.2) is 55.4 Å². The van der Waals surface area contributed by atoms with E-state index in [1.54, 1.807) is 48.7 Å². The van der Waals surface area contributed by atoms with E-state index in [0.717, 1.165) is 6.54 Å². The number of halogens is 1. The third kappa shape index (κ3) is 5.24. The number of hydrogen-bond acceptors (Lipinski definition) is 6. The lowest BCUT2D eigenvalue weighted by molar-refractivity contribution is 0.0953. The Bertz CT molecular complexity index is 685. The number of pyridine rings is 1. The first-order valence-corrected chi connectivity index (χ1v) is 8.12. The number of piperazine rings is 1. The molecule has 1 unspecified atom stereocenters. The molecule has 2 heterocycles. The van der Waals surface area contributed by atoms with E-state index in [-0.39, 0.29) is 24.5 Å². The minimum atomic E-state index is -0.383. The highest BCUT2D eigenvalue weighted by Crippen LogP contribution is 2.19. The largest absolute Gasteiger partial charge is 0.497 e. The molecule has 0 spiro atoms. The minimum Gasteiger partial charge on any atom is -0.497 e. The average Bonchev–Trinajstić information content (AvgIpc) is 2.68. The number of aromatic nitrogens is 1. The normalized spacial score (nSPS) is 16.3. The fourth-order valence-corrected chi connectivity index (χ4v) is 2.58. The lowest BCUT2D eigenvalue weighted by Crippen LogP contribution is -2.56. The van der Waals surface area contributed by atoms with Crippen LogP contribution in [0.5, 0.6) is 17.2 Å². The van der Waals surface area contributed by atoms with Crippen LogP contribution in [0.15, 0.2) is 48.8 Å². The molecule has 1 amide bonds. The predicted octanol–water partition coefficient (Wildman–Crippen LogP) is 2.36. The molecule has 1 saturated heterocycles. The van der Waals surface area contributed by atoms with Crippen molar-refractivity contribution in [2.45, 2.75) is 6.04 Å². The van der Waals surface area contributed by atoms with Gasteiger partial charge in [0.05, 0.1) is 19.3 Å². The van der Waals surface area contributed by atoms with Gasteiger partial charge in [-0.3, -0.25) is 9.88 Å². The van der Waals surface area contributed by atoms with Gasteiger partial charge in [-0.25, -0.2) is 4.79 Å². The van der Waals surface area contributed by atoms with Crippen molar-refractivity contribution in [2.24, 2.45) is 0 Å². The van der Waals surface area contributed by atoms with Gasteiger partial charge in [-0.15, -0.1) is 12.4 Å². The van der Waals surface area contributed by atoms with Gasteiger partial charge >= 0.3 is 6.09 Å². The number of ether oxygens (including phenoxy) is 3. The maximum Gasteiger partial charge on any atom is 0.415 e. The van der Waals surface area contributed by atoms with Gasteiger partial charge in [0, 0.05) is 25.8 Å². The van der Waals surface area contributed by atoms with Gasteiger partial charge in [0.2, 0.25) is 0 Å². The van der Waals surface area contributed by atoms with E-state index in [0.29, 0.717) is 36.9 Å². The second-order valence-electron chi connectivity index (χ2n) is 5.59. The van der Waals surface area contributed by atoms with Crippen LogP contribution in [-0.2, 0) is 0 Å². The molecule has 1 N–H and O–H groups in total. The van der Waals surface area contributed by atoms with Crippen LogP contribution in [0.4, 0.5) is 4.79 Å². The standard InChI is InChI=1S/C18H21N3O4.ClH/c1-23-15-4-6-16(7-5-15)25-18(22)21-10-9-20-11-14(21)13-24-17-3-2-8-19-12-17;/h2-8,12,14,20H,9-11,13H2,1H3;1H. The second-order valence-corrected chi connectivity index (χ2v) is 5.59. The Kier molecular flexibility index (Phi) is 7.50. The van der Waals surface area contributed by atoms with Crippen LogP contribution in [0.25, 0.3) is 0 Å². The molecule has 0 saturated carbocycles. The number of rotatable bonds is 5. The Balaban J connectivity index is 0.00000243. The highest BCUT2D eigenvalue weighted by atomic mass is 35.5. The van der Waals surface area contributed by atoms with Crippen LogP contribution in [0.2, 0.25) is 0 Å². The summed E-state index contributed by atoms with van der Waals surface area (Å²) in [4.78, 5) is 18.2. The fraction of sp³-hybridized carbons (Fsp3) is 0.333. The van der Waals surface area contributed by atoms with Crippen molar-refractivity contribution in [3.63, 3.8) is 0 Å². The van der Waals surface area contributed by atoms with Crippen molar-refractivity contribution in [3.05, 3.63) is 48.8 Å². The number of carbonyl (C=O) groups excluding carboxylic acids is 1. The van der Waals surface area contributed by atoms with Crippen molar-refractivity contribution in [1.82, 2.24) is 15.2 Å². The van der Waals surface area contributed by atoms with Gasteiger partial charge < -0.3 is 19.5 Å². The summed E-state index contributed by atoms with van der Waals surface area (Å²) in [6.45, 7) is 2.31. The number of amides is 1. The highest BCUT2D eigenvalue weighted by Gasteiger charge is 2.28. The number of methoxy groups -OCH3 is 1. The van der Waals surface area contributed by atoms with E-state index in [1.165, 1.54) is 0 Å². The topological polar surface area (TPSA) is 72.9 Å². The van der Waals surface area contributed by atoms with Gasteiger partial charge in [0.15, 0.2) is 0 Å². The lowest BCUT2D eigenvalue weighted by atomic mass is 10.2. The number of benzene rings is 1. The second kappa shape index (κ2) is 9.84. The van der Waals surface area contributed by atoms with Crippen LogP contribution >= 0.6 is 12.4 Å². The first-order chi connectivity index (χ1) is 12.3. The summed E-state index contributed by atoms with van der Waals surface area (Å²) in [5.41, 5.74) is 0. The highest BCUT2D eigenvalue weighted by molar-refractivity contribution is 5.85. The fourth-order valence-electron chi connectivity index (χ4n) is 2.58. The molecular weight excluding hydrogens is 358 g/mol. The van der Waals surface area contributed by atoms with Crippen LogP contribution in [0.1, 0.15) is 0 Å². The van der Waals surface area contributed by atoms with Gasteiger partial charge in [0.1, 0.15) is 23.9 Å². The molecule has 8 heteroatoms. The van der Waals surface area contributed by atoms with E-state index in [9.17, 15) is 4.79 Å². The third-order valence-corrected chi connectivity index (χ3v) is 3.93. The van der Waals surface area contributed by atoms with Crippen LogP contribution in [0.3, 0.4) is 0 Å². The molecule has 0 aliphatic carbocycles. The van der Waals surface area contributed by atoms with Crippen molar-refractivity contribution in [2.75, 3.05) is 33.4 Å². The molecule has 1 aliphatic rings. The molecule has 0 bridgehead atoms. The van der Waals surface area contributed by atoms with E-state index in [2.05, 4.69) is 10.3 Å². The summed E-state index contributed by atoms with van der Waals surface area (Å²) in [6.07, 6.45) is 2.95. The first kappa shape index (κ1) is 19.8. The Morgan fingerprint density at radius 3 is 2.69 bits per heavy atom. The van der Waals surface area contributed by atoms with Gasteiger partial charge in [-0.05, 0) is 36.4 Å². The summed E-state index contributed by atoms with van der Waals surface area (Å²) in [5, 5.41) is 3.27. The summed E-state index contributed by atoms with van der Waals surface area (Å²) >= 11 is 0. The molecule has 0 radical (unpaired) electrons. The summed E-state index contributed by atoms with van der Waals surface area (Å²) in [5.74, 6) is 1.87. The van der Waals surface area contributed by atoms with E-state index >= 15 is 0 Å². The molecule has 1 aromatic carbocycles. The molecule has 3 rings (SSSR count). The number of nitrogens with zero attached hydrogens (tertiary/aromatic N) is 2. The van der Waals surface area contributed by atoms with Crippen LogP contribution in [0, 0.1) is 0 Å². The maximum atomic E-state index is 12.5. The summed E-state index contributed by atoms with van der Waals surface area (Å²) in [7, 11) is 1.59. The van der Waals surface area contributed by atoms with Gasteiger partial charge in [-0.2, -0.15) is 0 Å². The number of hydrogen-bond donors (Lipinski definition) is 1. The Morgan fingerprint density at radius 2 is 2.00 bits per heavy atom. The van der Waals surface area contributed by atoms with Crippen molar-refractivity contribution in [1.29, 1.82) is 0 Å². The monoisotopic (exact) mass is 379 g/mol. The van der Waals surface area contributed by atoms with E-state index in [4.69, 9.17) is 14.2 Å². The first-order valence-electron chi connectivity index (χ1n) is 8.12. The molecular formula is C18H22ClN3O4. The third-order valence-electron chi connectivity index (χ3n) is 3.93. The molecule has 1 atom stereocenters. The van der Waals surface area contributed by atoms with Crippen LogP contribution < -0.4 is 19.5 Å². The minimum absolute atomic E-state index is 0. The Morgan fingerprint density at radius 1 is 1.23 bits per heavy atom. The van der Waals surface area contributed by atoms with Crippen molar-refractivity contribution >= 4 is 18.5 Å². The quantitative estimate of drug-likeness (QED) is 0.859. The summed E-state index contributed by atoms with van der Waals surface area (Å²) < 4.78 is 16.3. The molecule has 140 valence electrons. The van der Waals surface area contributed by atoms with Crippen molar-refractivity contribution in [3.8, 4) is 17.2 Å².